The second kappa shape index (κ2) is 6.44. The molecule has 0 amide bonds. The summed E-state index contributed by atoms with van der Waals surface area (Å²) in [5.41, 5.74) is -0.742. The molecule has 0 radical (unpaired) electrons. The lowest BCUT2D eigenvalue weighted by Crippen LogP contribution is -2.51. The molecule has 2 aliphatic rings. The van der Waals surface area contributed by atoms with Gasteiger partial charge in [0.1, 0.15) is 5.54 Å². The Hall–Kier alpha value is -0.610. The number of aliphatic carboxylic acids is 1. The monoisotopic (exact) mass is 282 g/mol. The predicted molar refractivity (Wildman–Crippen MR) is 80.9 cm³/mol. The third-order valence-electron chi connectivity index (χ3n) is 4.88. The molecule has 0 aromatic carbocycles. The molecule has 0 aromatic heterocycles. The van der Waals surface area contributed by atoms with Gasteiger partial charge in [0.2, 0.25) is 0 Å². The average molecular weight is 282 g/mol. The van der Waals surface area contributed by atoms with Crippen LogP contribution >= 0.6 is 0 Å². The van der Waals surface area contributed by atoms with Crippen molar-refractivity contribution < 1.29 is 9.90 Å². The molecule has 116 valence electrons. The van der Waals surface area contributed by atoms with Crippen molar-refractivity contribution in [3.8, 4) is 0 Å². The van der Waals surface area contributed by atoms with Gasteiger partial charge in [-0.05, 0) is 64.5 Å². The van der Waals surface area contributed by atoms with E-state index in [9.17, 15) is 9.90 Å². The fourth-order valence-corrected chi connectivity index (χ4v) is 3.44. The number of nitrogens with zero attached hydrogens (tertiary/aromatic N) is 1. The van der Waals surface area contributed by atoms with Gasteiger partial charge in [0.15, 0.2) is 0 Å². The van der Waals surface area contributed by atoms with Gasteiger partial charge in [-0.3, -0.25) is 10.1 Å². The molecule has 2 N–H and O–H groups in total. The number of carboxylic acid groups (broad SMARTS) is 1. The Balaban J connectivity index is 1.79. The summed E-state index contributed by atoms with van der Waals surface area (Å²) in [6, 6.07) is 1.13. The number of rotatable bonds is 8. The quantitative estimate of drug-likeness (QED) is 0.718. The van der Waals surface area contributed by atoms with E-state index < -0.39 is 11.5 Å². The van der Waals surface area contributed by atoms with Crippen LogP contribution in [0.2, 0.25) is 0 Å². The van der Waals surface area contributed by atoms with Crippen molar-refractivity contribution in [2.45, 2.75) is 76.9 Å². The van der Waals surface area contributed by atoms with E-state index in [0.29, 0.717) is 18.0 Å². The van der Waals surface area contributed by atoms with Crippen molar-refractivity contribution >= 4 is 5.97 Å². The highest BCUT2D eigenvalue weighted by atomic mass is 16.4. The highest BCUT2D eigenvalue weighted by Crippen LogP contribution is 2.27. The Morgan fingerprint density at radius 3 is 2.65 bits per heavy atom. The van der Waals surface area contributed by atoms with Crippen molar-refractivity contribution in [3.05, 3.63) is 0 Å². The van der Waals surface area contributed by atoms with Crippen LogP contribution in [0.5, 0.6) is 0 Å². The Morgan fingerprint density at radius 2 is 2.10 bits per heavy atom. The summed E-state index contributed by atoms with van der Waals surface area (Å²) in [4.78, 5) is 14.1. The highest BCUT2D eigenvalue weighted by Gasteiger charge is 2.38. The first-order valence-corrected chi connectivity index (χ1v) is 8.17. The fraction of sp³-hybridized carbons (Fsp3) is 0.938. The third-order valence-corrected chi connectivity index (χ3v) is 4.88. The van der Waals surface area contributed by atoms with Crippen molar-refractivity contribution in [3.63, 3.8) is 0 Å². The molecule has 1 saturated heterocycles. The van der Waals surface area contributed by atoms with Crippen molar-refractivity contribution in [1.82, 2.24) is 10.2 Å². The number of hydrogen-bond acceptors (Lipinski definition) is 3. The van der Waals surface area contributed by atoms with Gasteiger partial charge in [-0.2, -0.15) is 0 Å². The molecule has 0 aromatic rings. The fourth-order valence-electron chi connectivity index (χ4n) is 3.44. The average Bonchev–Trinajstić information content (AvgIpc) is 3.04. The second-order valence-corrected chi connectivity index (χ2v) is 7.15. The van der Waals surface area contributed by atoms with Crippen LogP contribution in [0.3, 0.4) is 0 Å². The second-order valence-electron chi connectivity index (χ2n) is 7.15. The minimum atomic E-state index is -0.742. The van der Waals surface area contributed by atoms with Gasteiger partial charge in [0, 0.05) is 12.1 Å². The first-order chi connectivity index (χ1) is 9.42. The zero-order valence-electron chi connectivity index (χ0n) is 13.2. The van der Waals surface area contributed by atoms with E-state index in [1.165, 1.54) is 19.4 Å². The summed E-state index contributed by atoms with van der Waals surface area (Å²) in [5, 5.41) is 12.8. The molecule has 1 saturated carbocycles. The van der Waals surface area contributed by atoms with Gasteiger partial charge in [0.05, 0.1) is 0 Å². The number of nitrogens with one attached hydrogen (secondary N) is 1. The van der Waals surface area contributed by atoms with E-state index in [-0.39, 0.29) is 0 Å². The number of likely N-dealkylation sites (tertiary alicyclic amines) is 1. The van der Waals surface area contributed by atoms with Crippen LogP contribution in [-0.2, 0) is 4.79 Å². The van der Waals surface area contributed by atoms with E-state index >= 15 is 0 Å². The molecule has 1 aliphatic heterocycles. The summed E-state index contributed by atoms with van der Waals surface area (Å²) in [5.74, 6) is -0.000761. The minimum Gasteiger partial charge on any atom is -0.480 e. The van der Waals surface area contributed by atoms with Crippen LogP contribution in [0.1, 0.15) is 59.3 Å². The molecule has 1 aliphatic carbocycles. The molecule has 4 heteroatoms. The lowest BCUT2D eigenvalue weighted by molar-refractivity contribution is -0.144. The zero-order valence-corrected chi connectivity index (χ0v) is 13.2. The maximum Gasteiger partial charge on any atom is 0.323 e. The van der Waals surface area contributed by atoms with E-state index in [1.54, 1.807) is 0 Å². The maximum absolute atomic E-state index is 11.5. The van der Waals surface area contributed by atoms with Crippen molar-refractivity contribution in [2.24, 2.45) is 5.92 Å². The van der Waals surface area contributed by atoms with Crippen LogP contribution in [0.15, 0.2) is 0 Å². The Kier molecular flexibility index (Phi) is 5.08. The molecule has 2 atom stereocenters. The van der Waals surface area contributed by atoms with Gasteiger partial charge >= 0.3 is 5.97 Å². The third kappa shape index (κ3) is 3.95. The molecule has 4 nitrogen and oxygen atoms in total. The van der Waals surface area contributed by atoms with E-state index in [4.69, 9.17) is 0 Å². The molecule has 20 heavy (non-hydrogen) atoms. The summed E-state index contributed by atoms with van der Waals surface area (Å²) in [6.45, 7) is 8.65. The van der Waals surface area contributed by atoms with Crippen LogP contribution in [0, 0.1) is 5.92 Å². The molecule has 0 spiro atoms. The summed E-state index contributed by atoms with van der Waals surface area (Å²) in [7, 11) is 0. The van der Waals surface area contributed by atoms with Gasteiger partial charge < -0.3 is 10.0 Å². The summed E-state index contributed by atoms with van der Waals surface area (Å²) >= 11 is 0. The molecule has 0 bridgehead atoms. The number of hydrogen-bond donors (Lipinski definition) is 2. The van der Waals surface area contributed by atoms with Gasteiger partial charge in [-0.1, -0.05) is 13.8 Å². The minimum absolute atomic E-state index is 0.436. The predicted octanol–water partition coefficient (Wildman–Crippen LogP) is 2.48. The molecule has 2 rings (SSSR count). The van der Waals surface area contributed by atoms with Gasteiger partial charge in [0.25, 0.3) is 0 Å². The Bertz CT molecular complexity index is 341. The van der Waals surface area contributed by atoms with Gasteiger partial charge in [-0.25, -0.2) is 0 Å². The zero-order chi connectivity index (χ0) is 14.8. The van der Waals surface area contributed by atoms with E-state index in [2.05, 4.69) is 24.1 Å². The smallest absolute Gasteiger partial charge is 0.323 e. The van der Waals surface area contributed by atoms with Crippen LogP contribution in [0.25, 0.3) is 0 Å². The first kappa shape index (κ1) is 15.8. The molecular formula is C16H30N2O2. The molecule has 2 unspecified atom stereocenters. The first-order valence-electron chi connectivity index (χ1n) is 8.17. The lowest BCUT2D eigenvalue weighted by atomic mass is 9.95. The van der Waals surface area contributed by atoms with Crippen LogP contribution in [0.4, 0.5) is 0 Å². The van der Waals surface area contributed by atoms with E-state index in [1.807, 2.05) is 6.92 Å². The number of carbonyl (C=O) groups is 1. The topological polar surface area (TPSA) is 52.6 Å². The molecule has 1 heterocycles. The van der Waals surface area contributed by atoms with E-state index in [0.717, 1.165) is 32.2 Å². The largest absolute Gasteiger partial charge is 0.480 e. The SMILES string of the molecule is CC(C)C1CCCN1CCCC(C)(NC1CC1)C(=O)O. The maximum atomic E-state index is 11.5. The van der Waals surface area contributed by atoms with Crippen molar-refractivity contribution in [2.75, 3.05) is 13.1 Å². The summed E-state index contributed by atoms with van der Waals surface area (Å²) < 4.78 is 0. The molecular weight excluding hydrogens is 252 g/mol. The van der Waals surface area contributed by atoms with Crippen LogP contribution in [-0.4, -0.2) is 46.7 Å². The lowest BCUT2D eigenvalue weighted by Gasteiger charge is -2.30. The molecule has 2 fully saturated rings. The Morgan fingerprint density at radius 1 is 1.40 bits per heavy atom. The highest BCUT2D eigenvalue weighted by molar-refractivity contribution is 5.78. The standard InChI is InChI=1S/C16H30N2O2/c1-12(2)14-6-4-10-18(14)11-5-9-16(3,15(19)20)17-13-7-8-13/h12-14,17H,4-11H2,1-3H3,(H,19,20). The number of carboxylic acids is 1. The normalized spacial score (nSPS) is 26.9. The Labute approximate surface area is 122 Å². The van der Waals surface area contributed by atoms with Crippen molar-refractivity contribution in [1.29, 1.82) is 0 Å². The van der Waals surface area contributed by atoms with Gasteiger partial charge in [-0.15, -0.1) is 0 Å². The summed E-state index contributed by atoms with van der Waals surface area (Å²) in [6.07, 6.45) is 6.54. The van der Waals surface area contributed by atoms with Crippen LogP contribution < -0.4 is 5.32 Å².